The maximum atomic E-state index is 14.2. The fourth-order valence-electron chi connectivity index (χ4n) is 2.60. The summed E-state index contributed by atoms with van der Waals surface area (Å²) in [5.41, 5.74) is 7.56. The summed E-state index contributed by atoms with van der Waals surface area (Å²) in [5, 5.41) is 0. The molecule has 0 bridgehead atoms. The van der Waals surface area contributed by atoms with Gasteiger partial charge in [0.2, 0.25) is 0 Å². The van der Waals surface area contributed by atoms with Gasteiger partial charge < -0.3 is 15.4 Å². The number of rotatable bonds is 4. The van der Waals surface area contributed by atoms with E-state index in [1.807, 2.05) is 13.0 Å². The highest BCUT2D eigenvalue weighted by Crippen LogP contribution is 2.27. The Hall–Kier alpha value is -1.13. The van der Waals surface area contributed by atoms with Crippen molar-refractivity contribution in [3.8, 4) is 0 Å². The SMILES string of the molecule is CCC1CN(c2c(F)cccc2CC(C)N)CCO1. The molecule has 2 N–H and O–H groups in total. The van der Waals surface area contributed by atoms with E-state index < -0.39 is 0 Å². The maximum Gasteiger partial charge on any atom is 0.146 e. The average molecular weight is 266 g/mol. The van der Waals surface area contributed by atoms with Crippen molar-refractivity contribution in [2.75, 3.05) is 24.6 Å². The van der Waals surface area contributed by atoms with Gasteiger partial charge in [-0.2, -0.15) is 0 Å². The first-order valence-electron chi connectivity index (χ1n) is 7.01. The first kappa shape index (κ1) is 14.3. The van der Waals surface area contributed by atoms with Crippen LogP contribution in [0.5, 0.6) is 0 Å². The standard InChI is InChI=1S/C15H23FN2O/c1-3-13-10-18(7-8-19-13)15-12(9-11(2)17)5-4-6-14(15)16/h4-6,11,13H,3,7-10,17H2,1-2H3. The summed E-state index contributed by atoms with van der Waals surface area (Å²) in [4.78, 5) is 2.10. The number of morpholine rings is 1. The van der Waals surface area contributed by atoms with Crippen LogP contribution in [0.25, 0.3) is 0 Å². The van der Waals surface area contributed by atoms with Gasteiger partial charge in [-0.3, -0.25) is 0 Å². The molecule has 0 aliphatic carbocycles. The molecule has 19 heavy (non-hydrogen) atoms. The van der Waals surface area contributed by atoms with Gasteiger partial charge in [0.1, 0.15) is 5.82 Å². The largest absolute Gasteiger partial charge is 0.375 e. The Labute approximate surface area is 114 Å². The normalized spacial score (nSPS) is 21.5. The van der Waals surface area contributed by atoms with Crippen LogP contribution in [0.1, 0.15) is 25.8 Å². The van der Waals surface area contributed by atoms with Gasteiger partial charge in [-0.1, -0.05) is 19.1 Å². The highest BCUT2D eigenvalue weighted by Gasteiger charge is 2.23. The number of ether oxygens (including phenoxy) is 1. The topological polar surface area (TPSA) is 38.5 Å². The van der Waals surface area contributed by atoms with Crippen LogP contribution in [0.3, 0.4) is 0 Å². The van der Waals surface area contributed by atoms with Crippen LogP contribution in [-0.2, 0) is 11.2 Å². The second-order valence-electron chi connectivity index (χ2n) is 5.28. The smallest absolute Gasteiger partial charge is 0.146 e. The van der Waals surface area contributed by atoms with Crippen molar-refractivity contribution in [2.24, 2.45) is 5.73 Å². The van der Waals surface area contributed by atoms with Crippen LogP contribution in [0, 0.1) is 5.82 Å². The van der Waals surface area contributed by atoms with Crippen LogP contribution in [0.4, 0.5) is 10.1 Å². The first-order valence-corrected chi connectivity index (χ1v) is 7.01. The molecule has 2 unspecified atom stereocenters. The number of hydrogen-bond donors (Lipinski definition) is 1. The summed E-state index contributed by atoms with van der Waals surface area (Å²) in [6, 6.07) is 5.28. The fourth-order valence-corrected chi connectivity index (χ4v) is 2.60. The second-order valence-corrected chi connectivity index (χ2v) is 5.28. The lowest BCUT2D eigenvalue weighted by Crippen LogP contribution is -2.43. The quantitative estimate of drug-likeness (QED) is 0.909. The molecule has 1 heterocycles. The van der Waals surface area contributed by atoms with Crippen molar-refractivity contribution in [3.05, 3.63) is 29.6 Å². The third-order valence-electron chi connectivity index (χ3n) is 3.52. The Morgan fingerprint density at radius 2 is 2.32 bits per heavy atom. The third-order valence-corrected chi connectivity index (χ3v) is 3.52. The molecule has 1 aliphatic heterocycles. The van der Waals surface area contributed by atoms with Gasteiger partial charge in [0.15, 0.2) is 0 Å². The average Bonchev–Trinajstić information content (AvgIpc) is 2.38. The van der Waals surface area contributed by atoms with Crippen LogP contribution in [-0.4, -0.2) is 31.8 Å². The zero-order chi connectivity index (χ0) is 13.8. The molecule has 4 heteroatoms. The molecule has 0 amide bonds. The highest BCUT2D eigenvalue weighted by atomic mass is 19.1. The van der Waals surface area contributed by atoms with E-state index in [-0.39, 0.29) is 18.0 Å². The molecule has 1 fully saturated rings. The summed E-state index contributed by atoms with van der Waals surface area (Å²) < 4.78 is 19.8. The van der Waals surface area contributed by atoms with E-state index in [2.05, 4.69) is 11.8 Å². The minimum Gasteiger partial charge on any atom is -0.375 e. The molecule has 3 nitrogen and oxygen atoms in total. The van der Waals surface area contributed by atoms with E-state index in [1.54, 1.807) is 6.07 Å². The van der Waals surface area contributed by atoms with Crippen LogP contribution in [0.15, 0.2) is 18.2 Å². The van der Waals surface area contributed by atoms with Crippen molar-refractivity contribution in [2.45, 2.75) is 38.8 Å². The zero-order valence-corrected chi connectivity index (χ0v) is 11.7. The van der Waals surface area contributed by atoms with Crippen molar-refractivity contribution < 1.29 is 9.13 Å². The fraction of sp³-hybridized carbons (Fsp3) is 0.600. The highest BCUT2D eigenvalue weighted by molar-refractivity contribution is 5.55. The molecule has 2 rings (SSSR count). The second kappa shape index (κ2) is 6.35. The molecule has 1 aromatic carbocycles. The molecule has 1 aromatic rings. The number of hydrogen-bond acceptors (Lipinski definition) is 3. The molecule has 0 spiro atoms. The summed E-state index contributed by atoms with van der Waals surface area (Å²) in [6.07, 6.45) is 1.84. The maximum absolute atomic E-state index is 14.2. The van der Waals surface area contributed by atoms with Gasteiger partial charge in [-0.05, 0) is 31.4 Å². The van der Waals surface area contributed by atoms with Crippen LogP contribution < -0.4 is 10.6 Å². The predicted octanol–water partition coefficient (Wildman–Crippen LogP) is 2.33. The van der Waals surface area contributed by atoms with Gasteiger partial charge in [0, 0.05) is 19.1 Å². The molecule has 2 atom stereocenters. The minimum absolute atomic E-state index is 0.0311. The number of nitrogens with two attached hydrogens (primary N) is 1. The lowest BCUT2D eigenvalue weighted by Gasteiger charge is -2.35. The number of para-hydroxylation sites is 1. The molecule has 1 saturated heterocycles. The molecule has 0 aromatic heterocycles. The Balaban J connectivity index is 2.26. The van der Waals surface area contributed by atoms with Crippen molar-refractivity contribution in [1.82, 2.24) is 0 Å². The van der Waals surface area contributed by atoms with Crippen molar-refractivity contribution in [3.63, 3.8) is 0 Å². The van der Waals surface area contributed by atoms with E-state index in [1.165, 1.54) is 6.07 Å². The molecule has 0 saturated carbocycles. The number of anilines is 1. The summed E-state index contributed by atoms with van der Waals surface area (Å²) >= 11 is 0. The summed E-state index contributed by atoms with van der Waals surface area (Å²) in [5.74, 6) is -0.157. The van der Waals surface area contributed by atoms with Crippen molar-refractivity contribution >= 4 is 5.69 Å². The van der Waals surface area contributed by atoms with E-state index in [0.29, 0.717) is 18.7 Å². The Bertz CT molecular complexity index is 423. The van der Waals surface area contributed by atoms with Crippen LogP contribution >= 0.6 is 0 Å². The molecule has 1 aliphatic rings. The van der Waals surface area contributed by atoms with E-state index >= 15 is 0 Å². The predicted molar refractivity (Wildman–Crippen MR) is 76.0 cm³/mol. The number of halogens is 1. The van der Waals surface area contributed by atoms with Gasteiger partial charge in [-0.15, -0.1) is 0 Å². The van der Waals surface area contributed by atoms with Gasteiger partial charge in [0.25, 0.3) is 0 Å². The molecular formula is C15H23FN2O. The van der Waals surface area contributed by atoms with E-state index in [9.17, 15) is 4.39 Å². The molecule has 106 valence electrons. The lowest BCUT2D eigenvalue weighted by molar-refractivity contribution is 0.0381. The Kier molecular flexibility index (Phi) is 4.77. The van der Waals surface area contributed by atoms with E-state index in [0.717, 1.165) is 25.1 Å². The van der Waals surface area contributed by atoms with Crippen molar-refractivity contribution in [1.29, 1.82) is 0 Å². The first-order chi connectivity index (χ1) is 9.11. The Morgan fingerprint density at radius 1 is 1.53 bits per heavy atom. The van der Waals surface area contributed by atoms with Gasteiger partial charge in [-0.25, -0.2) is 4.39 Å². The van der Waals surface area contributed by atoms with Gasteiger partial charge in [0.05, 0.1) is 18.4 Å². The monoisotopic (exact) mass is 266 g/mol. The lowest BCUT2D eigenvalue weighted by atomic mass is 10.0. The van der Waals surface area contributed by atoms with Gasteiger partial charge >= 0.3 is 0 Å². The zero-order valence-electron chi connectivity index (χ0n) is 11.7. The summed E-state index contributed by atoms with van der Waals surface area (Å²) in [7, 11) is 0. The minimum atomic E-state index is -0.157. The number of benzene rings is 1. The summed E-state index contributed by atoms with van der Waals surface area (Å²) in [6.45, 7) is 6.19. The Morgan fingerprint density at radius 3 is 3.00 bits per heavy atom. The third kappa shape index (κ3) is 3.45. The molecule has 0 radical (unpaired) electrons. The molecular weight excluding hydrogens is 243 g/mol. The number of nitrogens with zero attached hydrogens (tertiary/aromatic N) is 1. The van der Waals surface area contributed by atoms with E-state index in [4.69, 9.17) is 10.5 Å². The van der Waals surface area contributed by atoms with Crippen LogP contribution in [0.2, 0.25) is 0 Å².